The molecule has 0 saturated heterocycles. The van der Waals surface area contributed by atoms with E-state index in [9.17, 15) is 15.0 Å². The summed E-state index contributed by atoms with van der Waals surface area (Å²) >= 11 is 0. The smallest absolute Gasteiger partial charge is 0.174 e. The van der Waals surface area contributed by atoms with Gasteiger partial charge in [-0.25, -0.2) is 0 Å². The van der Waals surface area contributed by atoms with E-state index in [0.29, 0.717) is 11.1 Å². The Labute approximate surface area is 118 Å². The van der Waals surface area contributed by atoms with Gasteiger partial charge in [0.15, 0.2) is 11.4 Å². The minimum absolute atomic E-state index is 0.0428. The van der Waals surface area contributed by atoms with Crippen LogP contribution in [0.1, 0.15) is 31.9 Å². The number of phenolic OH excluding ortho intramolecular Hbond substituents is 1. The Morgan fingerprint density at radius 3 is 2.25 bits per heavy atom. The highest BCUT2D eigenvalue weighted by atomic mass is 16.3. The molecule has 104 valence electrons. The van der Waals surface area contributed by atoms with Crippen LogP contribution < -0.4 is 0 Å². The predicted octanol–water partition coefficient (Wildman–Crippen LogP) is 3.22. The van der Waals surface area contributed by atoms with Crippen LogP contribution >= 0.6 is 0 Å². The molecule has 0 radical (unpaired) electrons. The van der Waals surface area contributed by atoms with Crippen molar-refractivity contribution in [1.29, 1.82) is 0 Å². The molecule has 0 aromatic heterocycles. The third-order valence-corrected chi connectivity index (χ3v) is 3.51. The first-order chi connectivity index (χ1) is 9.55. The zero-order chi connectivity index (χ0) is 14.9. The number of Topliss-reactive ketones (excluding diaryl/α,β-unsaturated/α-hetero) is 1. The second-order valence-corrected chi connectivity index (χ2v) is 4.54. The molecule has 1 atom stereocenters. The van der Waals surface area contributed by atoms with Gasteiger partial charge in [0.2, 0.25) is 0 Å². The van der Waals surface area contributed by atoms with Crippen molar-refractivity contribution < 1.29 is 15.0 Å². The summed E-state index contributed by atoms with van der Waals surface area (Å²) in [5, 5.41) is 20.3. The van der Waals surface area contributed by atoms with E-state index in [4.69, 9.17) is 0 Å². The second-order valence-electron chi connectivity index (χ2n) is 4.54. The fourth-order valence-electron chi connectivity index (χ4n) is 2.62. The standard InChI is InChI=1S/C15H12O3.C2H6/c1-9(16)15(18)13-5-3-2-4-11(13)12-7-6-10(17)8-14(12)15;1-2/h2-8,17-18H,1H3;1-2H3. The van der Waals surface area contributed by atoms with Crippen LogP contribution in [-0.2, 0) is 10.4 Å². The van der Waals surface area contributed by atoms with Crippen molar-refractivity contribution in [2.75, 3.05) is 0 Å². The maximum Gasteiger partial charge on any atom is 0.174 e. The van der Waals surface area contributed by atoms with E-state index in [-0.39, 0.29) is 11.5 Å². The van der Waals surface area contributed by atoms with Crippen molar-refractivity contribution in [3.8, 4) is 16.9 Å². The van der Waals surface area contributed by atoms with Gasteiger partial charge in [-0.1, -0.05) is 44.2 Å². The van der Waals surface area contributed by atoms with Crippen LogP contribution in [0, 0.1) is 0 Å². The number of aliphatic hydroxyl groups is 1. The number of hydrogen-bond acceptors (Lipinski definition) is 3. The Bertz CT molecular complexity index is 661. The van der Waals surface area contributed by atoms with Gasteiger partial charge in [0, 0.05) is 11.1 Å². The Morgan fingerprint density at radius 1 is 1.00 bits per heavy atom. The van der Waals surface area contributed by atoms with Gasteiger partial charge in [0.25, 0.3) is 0 Å². The monoisotopic (exact) mass is 270 g/mol. The highest BCUT2D eigenvalue weighted by molar-refractivity contribution is 5.98. The quantitative estimate of drug-likeness (QED) is 0.836. The van der Waals surface area contributed by atoms with E-state index in [1.165, 1.54) is 13.0 Å². The number of carbonyl (C=O) groups excluding carboxylic acids is 1. The van der Waals surface area contributed by atoms with Crippen molar-refractivity contribution in [3.63, 3.8) is 0 Å². The van der Waals surface area contributed by atoms with Gasteiger partial charge >= 0.3 is 0 Å². The highest BCUT2D eigenvalue weighted by Gasteiger charge is 2.45. The van der Waals surface area contributed by atoms with Crippen molar-refractivity contribution in [2.24, 2.45) is 0 Å². The lowest BCUT2D eigenvalue weighted by molar-refractivity contribution is -0.131. The molecule has 2 aromatic carbocycles. The lowest BCUT2D eigenvalue weighted by Gasteiger charge is -2.22. The zero-order valence-electron chi connectivity index (χ0n) is 11.8. The minimum Gasteiger partial charge on any atom is -0.508 e. The number of fused-ring (bicyclic) bond motifs is 3. The van der Waals surface area contributed by atoms with Crippen LogP contribution in [-0.4, -0.2) is 16.0 Å². The molecular weight excluding hydrogens is 252 g/mol. The normalized spacial score (nSPS) is 18.6. The number of ketones is 1. The fourth-order valence-corrected chi connectivity index (χ4v) is 2.62. The summed E-state index contributed by atoms with van der Waals surface area (Å²) in [5.74, 6) is -0.305. The molecular formula is C17H18O3. The van der Waals surface area contributed by atoms with Crippen molar-refractivity contribution in [1.82, 2.24) is 0 Å². The molecule has 0 saturated carbocycles. The number of rotatable bonds is 1. The number of carbonyl (C=O) groups is 1. The molecule has 3 heteroatoms. The first-order valence-electron chi connectivity index (χ1n) is 6.72. The van der Waals surface area contributed by atoms with Gasteiger partial charge in [0.05, 0.1) is 0 Å². The average molecular weight is 270 g/mol. The van der Waals surface area contributed by atoms with E-state index in [2.05, 4.69) is 0 Å². The molecule has 0 heterocycles. The topological polar surface area (TPSA) is 57.5 Å². The van der Waals surface area contributed by atoms with Gasteiger partial charge in [0.1, 0.15) is 5.75 Å². The van der Waals surface area contributed by atoms with Crippen LogP contribution in [0.4, 0.5) is 0 Å². The predicted molar refractivity (Wildman–Crippen MR) is 78.6 cm³/mol. The van der Waals surface area contributed by atoms with E-state index in [0.717, 1.165) is 11.1 Å². The molecule has 2 aromatic rings. The molecule has 0 fully saturated rings. The fraction of sp³-hybridized carbons (Fsp3) is 0.235. The number of hydrogen-bond donors (Lipinski definition) is 2. The van der Waals surface area contributed by atoms with E-state index >= 15 is 0 Å². The molecule has 2 N–H and O–H groups in total. The van der Waals surface area contributed by atoms with Crippen molar-refractivity contribution in [3.05, 3.63) is 53.6 Å². The molecule has 3 nitrogen and oxygen atoms in total. The summed E-state index contributed by atoms with van der Waals surface area (Å²) in [4.78, 5) is 11.9. The summed E-state index contributed by atoms with van der Waals surface area (Å²) < 4.78 is 0. The molecule has 0 amide bonds. The third kappa shape index (κ3) is 1.82. The van der Waals surface area contributed by atoms with Crippen LogP contribution in [0.15, 0.2) is 42.5 Å². The van der Waals surface area contributed by atoms with Gasteiger partial charge in [-0.2, -0.15) is 0 Å². The van der Waals surface area contributed by atoms with Gasteiger partial charge in [-0.05, 0) is 30.2 Å². The lowest BCUT2D eigenvalue weighted by Crippen LogP contribution is -2.32. The number of benzene rings is 2. The Hall–Kier alpha value is -2.13. The van der Waals surface area contributed by atoms with Gasteiger partial charge in [-0.15, -0.1) is 0 Å². The molecule has 1 aliphatic rings. The molecule has 0 aliphatic heterocycles. The molecule has 1 aliphatic carbocycles. The highest BCUT2D eigenvalue weighted by Crippen LogP contribution is 2.48. The zero-order valence-corrected chi connectivity index (χ0v) is 11.8. The third-order valence-electron chi connectivity index (χ3n) is 3.51. The van der Waals surface area contributed by atoms with E-state index < -0.39 is 5.60 Å². The van der Waals surface area contributed by atoms with Crippen LogP contribution in [0.2, 0.25) is 0 Å². The Kier molecular flexibility index (Phi) is 3.64. The first-order valence-corrected chi connectivity index (χ1v) is 6.72. The number of aromatic hydroxyl groups is 1. The van der Waals surface area contributed by atoms with Crippen LogP contribution in [0.25, 0.3) is 11.1 Å². The molecule has 0 bridgehead atoms. The molecule has 0 spiro atoms. The molecule has 20 heavy (non-hydrogen) atoms. The maximum absolute atomic E-state index is 11.9. The second kappa shape index (κ2) is 5.10. The summed E-state index contributed by atoms with van der Waals surface area (Å²) in [7, 11) is 0. The largest absolute Gasteiger partial charge is 0.508 e. The molecule has 3 rings (SSSR count). The van der Waals surface area contributed by atoms with Gasteiger partial charge in [-0.3, -0.25) is 4.79 Å². The Balaban J connectivity index is 0.000000704. The van der Waals surface area contributed by atoms with Gasteiger partial charge < -0.3 is 10.2 Å². The maximum atomic E-state index is 11.9. The van der Waals surface area contributed by atoms with Crippen molar-refractivity contribution >= 4 is 5.78 Å². The summed E-state index contributed by atoms with van der Waals surface area (Å²) in [6.45, 7) is 5.36. The Morgan fingerprint density at radius 2 is 1.60 bits per heavy atom. The van der Waals surface area contributed by atoms with Crippen LogP contribution in [0.3, 0.4) is 0 Å². The van der Waals surface area contributed by atoms with Crippen LogP contribution in [0.5, 0.6) is 5.75 Å². The summed E-state index contributed by atoms with van der Waals surface area (Å²) in [6, 6.07) is 12.0. The minimum atomic E-state index is -1.65. The lowest BCUT2D eigenvalue weighted by atomic mass is 9.88. The summed E-state index contributed by atoms with van der Waals surface area (Å²) in [5.41, 5.74) is 1.02. The number of phenols is 1. The summed E-state index contributed by atoms with van der Waals surface area (Å²) in [6.07, 6.45) is 0. The molecule has 1 unspecified atom stereocenters. The average Bonchev–Trinajstić information content (AvgIpc) is 2.72. The first kappa shape index (κ1) is 14.3. The van der Waals surface area contributed by atoms with E-state index in [1.54, 1.807) is 24.3 Å². The van der Waals surface area contributed by atoms with Crippen molar-refractivity contribution in [2.45, 2.75) is 26.4 Å². The van der Waals surface area contributed by atoms with E-state index in [1.807, 2.05) is 26.0 Å². The SMILES string of the molecule is CC.CC(=O)C1(O)c2ccccc2-c2ccc(O)cc21.